The highest BCUT2D eigenvalue weighted by atomic mass is 35.5. The molecule has 1 atom stereocenters. The number of halogens is 1. The number of thioether (sulfide) groups is 1. The van der Waals surface area contributed by atoms with Gasteiger partial charge in [0, 0.05) is 22.2 Å². The molecule has 0 unspecified atom stereocenters. The van der Waals surface area contributed by atoms with E-state index in [-0.39, 0.29) is 5.91 Å². The molecule has 0 saturated heterocycles. The Bertz CT molecular complexity index is 688. The molecule has 0 saturated carbocycles. The van der Waals surface area contributed by atoms with Gasteiger partial charge < -0.3 is 10.1 Å². The third kappa shape index (κ3) is 5.77. The Morgan fingerprint density at radius 2 is 1.88 bits per heavy atom. The minimum absolute atomic E-state index is 0.107. The topological polar surface area (TPSA) is 38.3 Å². The molecule has 1 N–H and O–H groups in total. The van der Waals surface area contributed by atoms with Crippen molar-refractivity contribution in [3.63, 3.8) is 0 Å². The van der Waals surface area contributed by atoms with E-state index in [1.54, 1.807) is 18.7 Å². The first-order chi connectivity index (χ1) is 11.5. The van der Waals surface area contributed by atoms with Crippen LogP contribution in [0.3, 0.4) is 0 Å². The van der Waals surface area contributed by atoms with Crippen LogP contribution in [0.4, 0.5) is 0 Å². The maximum atomic E-state index is 12.1. The molecule has 2 aromatic carbocycles. The first kappa shape index (κ1) is 18.7. The lowest BCUT2D eigenvalue weighted by molar-refractivity contribution is -0.127. The van der Waals surface area contributed by atoms with Crippen molar-refractivity contribution in [1.29, 1.82) is 0 Å². The molecule has 24 heavy (non-hydrogen) atoms. The molecule has 0 spiro atoms. The summed E-state index contributed by atoms with van der Waals surface area (Å²) in [5, 5.41) is 3.63. The van der Waals surface area contributed by atoms with Gasteiger partial charge in [0.15, 0.2) is 6.10 Å². The van der Waals surface area contributed by atoms with Gasteiger partial charge in [-0.25, -0.2) is 0 Å². The number of hydrogen-bond acceptors (Lipinski definition) is 3. The fourth-order valence-electron chi connectivity index (χ4n) is 2.06. The third-order valence-electron chi connectivity index (χ3n) is 3.64. The summed E-state index contributed by atoms with van der Waals surface area (Å²) in [7, 11) is 0. The molecule has 128 valence electrons. The van der Waals surface area contributed by atoms with E-state index < -0.39 is 6.10 Å². The molecule has 0 aliphatic rings. The quantitative estimate of drug-likeness (QED) is 0.575. The van der Waals surface area contributed by atoms with E-state index in [2.05, 4.69) is 5.32 Å². The number of hydrogen-bond donors (Lipinski definition) is 1. The second-order valence-corrected chi connectivity index (χ2v) is 7.20. The van der Waals surface area contributed by atoms with Crippen LogP contribution in [0.5, 0.6) is 5.75 Å². The second kappa shape index (κ2) is 9.00. The number of carbonyl (C=O) groups is 1. The zero-order valence-electron chi connectivity index (χ0n) is 14.1. The molecular formula is C19H22ClNO2S. The summed E-state index contributed by atoms with van der Waals surface area (Å²) in [5.74, 6) is 1.41. The number of ether oxygens (including phenoxy) is 1. The number of carbonyl (C=O) groups excluding carboxylic acids is 1. The van der Waals surface area contributed by atoms with E-state index in [4.69, 9.17) is 16.3 Å². The zero-order valence-corrected chi connectivity index (χ0v) is 15.7. The lowest BCUT2D eigenvalue weighted by atomic mass is 10.1. The van der Waals surface area contributed by atoms with Crippen molar-refractivity contribution in [2.24, 2.45) is 0 Å². The Labute approximate surface area is 152 Å². The number of aryl methyl sites for hydroxylation is 2. The third-order valence-corrected chi connectivity index (χ3v) is 4.91. The maximum absolute atomic E-state index is 12.1. The summed E-state index contributed by atoms with van der Waals surface area (Å²) in [6, 6.07) is 13.5. The molecule has 3 nitrogen and oxygen atoms in total. The van der Waals surface area contributed by atoms with Crippen LogP contribution >= 0.6 is 23.4 Å². The average molecular weight is 364 g/mol. The summed E-state index contributed by atoms with van der Waals surface area (Å²) < 4.78 is 5.71. The lowest BCUT2D eigenvalue weighted by Crippen LogP contribution is -2.37. The SMILES string of the molecule is Cc1ccc(O[C@@H](C)C(=O)NCCSc2ccc(Cl)cc2)cc1C. The fourth-order valence-corrected chi connectivity index (χ4v) is 2.96. The summed E-state index contributed by atoms with van der Waals surface area (Å²) in [6.07, 6.45) is -0.521. The Morgan fingerprint density at radius 1 is 1.17 bits per heavy atom. The molecule has 0 aliphatic carbocycles. The zero-order chi connectivity index (χ0) is 17.5. The van der Waals surface area contributed by atoms with Crippen molar-refractivity contribution in [2.45, 2.75) is 31.8 Å². The van der Waals surface area contributed by atoms with Crippen molar-refractivity contribution in [3.05, 3.63) is 58.6 Å². The van der Waals surface area contributed by atoms with Crippen molar-refractivity contribution in [3.8, 4) is 5.75 Å². The van der Waals surface area contributed by atoms with Gasteiger partial charge in [-0.15, -0.1) is 11.8 Å². The molecule has 0 aliphatic heterocycles. The van der Waals surface area contributed by atoms with Crippen LogP contribution < -0.4 is 10.1 Å². The van der Waals surface area contributed by atoms with Crippen LogP contribution in [-0.4, -0.2) is 24.3 Å². The Morgan fingerprint density at radius 3 is 2.54 bits per heavy atom. The highest BCUT2D eigenvalue weighted by molar-refractivity contribution is 7.99. The van der Waals surface area contributed by atoms with Gasteiger partial charge in [0.2, 0.25) is 0 Å². The molecular weight excluding hydrogens is 342 g/mol. The van der Waals surface area contributed by atoms with Crippen LogP contribution in [0.15, 0.2) is 47.4 Å². The molecule has 5 heteroatoms. The highest BCUT2D eigenvalue weighted by Crippen LogP contribution is 2.20. The molecule has 1 amide bonds. The number of benzene rings is 2. The van der Waals surface area contributed by atoms with Gasteiger partial charge in [-0.1, -0.05) is 17.7 Å². The first-order valence-electron chi connectivity index (χ1n) is 7.85. The maximum Gasteiger partial charge on any atom is 0.260 e. The molecule has 0 bridgehead atoms. The standard InChI is InChI=1S/C19H22ClNO2S/c1-13-4-7-17(12-14(13)2)23-15(3)19(22)21-10-11-24-18-8-5-16(20)6-9-18/h4-9,12,15H,10-11H2,1-3H3,(H,21,22)/t15-/m0/s1. The van der Waals surface area contributed by atoms with Crippen molar-refractivity contribution < 1.29 is 9.53 Å². The van der Waals surface area contributed by atoms with Gasteiger partial charge >= 0.3 is 0 Å². The summed E-state index contributed by atoms with van der Waals surface area (Å²) in [4.78, 5) is 13.2. The van der Waals surface area contributed by atoms with E-state index in [0.717, 1.165) is 27.0 Å². The van der Waals surface area contributed by atoms with Gasteiger partial charge in [0.1, 0.15) is 5.75 Å². The number of rotatable bonds is 7. The smallest absolute Gasteiger partial charge is 0.260 e. The Hall–Kier alpha value is -1.65. The predicted molar refractivity (Wildman–Crippen MR) is 101 cm³/mol. The van der Waals surface area contributed by atoms with Crippen LogP contribution in [0, 0.1) is 13.8 Å². The normalized spacial score (nSPS) is 11.8. The molecule has 0 heterocycles. The van der Waals surface area contributed by atoms with Gasteiger partial charge in [-0.05, 0) is 68.3 Å². The first-order valence-corrected chi connectivity index (χ1v) is 9.22. The van der Waals surface area contributed by atoms with Crippen molar-refractivity contribution >= 4 is 29.3 Å². The molecule has 2 aromatic rings. The van der Waals surface area contributed by atoms with Crippen LogP contribution in [0.25, 0.3) is 0 Å². The average Bonchev–Trinajstić information content (AvgIpc) is 2.56. The molecule has 2 rings (SSSR count). The highest BCUT2D eigenvalue weighted by Gasteiger charge is 2.14. The molecule has 0 radical (unpaired) electrons. The lowest BCUT2D eigenvalue weighted by Gasteiger charge is -2.15. The van der Waals surface area contributed by atoms with Crippen molar-refractivity contribution in [1.82, 2.24) is 5.32 Å². The van der Waals surface area contributed by atoms with Gasteiger partial charge in [-0.2, -0.15) is 0 Å². The Kier molecular flexibility index (Phi) is 7.00. The Balaban J connectivity index is 1.73. The van der Waals surface area contributed by atoms with E-state index in [1.165, 1.54) is 5.56 Å². The second-order valence-electron chi connectivity index (χ2n) is 5.60. The van der Waals surface area contributed by atoms with Gasteiger partial charge in [0.25, 0.3) is 5.91 Å². The van der Waals surface area contributed by atoms with Crippen molar-refractivity contribution in [2.75, 3.05) is 12.3 Å². The van der Waals surface area contributed by atoms with Crippen LogP contribution in [-0.2, 0) is 4.79 Å². The van der Waals surface area contributed by atoms with E-state index in [9.17, 15) is 4.79 Å². The van der Waals surface area contributed by atoms with E-state index in [1.807, 2.05) is 56.3 Å². The summed E-state index contributed by atoms with van der Waals surface area (Å²) in [5.41, 5.74) is 2.36. The predicted octanol–water partition coefficient (Wildman–Crippen LogP) is 4.63. The molecule has 0 aromatic heterocycles. The van der Waals surface area contributed by atoms with E-state index in [0.29, 0.717) is 6.54 Å². The number of amides is 1. The van der Waals surface area contributed by atoms with Crippen LogP contribution in [0.2, 0.25) is 5.02 Å². The molecule has 0 fully saturated rings. The minimum atomic E-state index is -0.521. The monoisotopic (exact) mass is 363 g/mol. The number of nitrogens with one attached hydrogen (secondary N) is 1. The van der Waals surface area contributed by atoms with Crippen LogP contribution in [0.1, 0.15) is 18.1 Å². The summed E-state index contributed by atoms with van der Waals surface area (Å²) >= 11 is 7.53. The van der Waals surface area contributed by atoms with Gasteiger partial charge in [0.05, 0.1) is 0 Å². The largest absolute Gasteiger partial charge is 0.481 e. The fraction of sp³-hybridized carbons (Fsp3) is 0.316. The van der Waals surface area contributed by atoms with E-state index >= 15 is 0 Å². The van der Waals surface area contributed by atoms with Gasteiger partial charge in [-0.3, -0.25) is 4.79 Å². The summed E-state index contributed by atoms with van der Waals surface area (Å²) in [6.45, 7) is 6.43. The minimum Gasteiger partial charge on any atom is -0.481 e.